The Labute approximate surface area is 216 Å². The van der Waals surface area contributed by atoms with Crippen LogP contribution in [0.25, 0.3) is 22.6 Å². The molecule has 37 heavy (non-hydrogen) atoms. The maximum atomic E-state index is 11.9. The van der Waals surface area contributed by atoms with Gasteiger partial charge in [0.2, 0.25) is 11.9 Å². The van der Waals surface area contributed by atoms with Gasteiger partial charge in [-0.15, -0.1) is 0 Å². The van der Waals surface area contributed by atoms with E-state index in [4.69, 9.17) is 25.4 Å². The molecule has 6 rings (SSSR count). The Morgan fingerprint density at radius 2 is 1.81 bits per heavy atom. The summed E-state index contributed by atoms with van der Waals surface area (Å²) in [6, 6.07) is 0. The molecule has 12 nitrogen and oxygen atoms in total. The maximum absolute atomic E-state index is 11.9. The fourth-order valence-corrected chi connectivity index (χ4v) is 6.47. The number of anilines is 3. The number of nitrogens with two attached hydrogens (primary N) is 1. The van der Waals surface area contributed by atoms with Gasteiger partial charge < -0.3 is 20.3 Å². The lowest BCUT2D eigenvalue weighted by Crippen LogP contribution is -2.37. The van der Waals surface area contributed by atoms with Crippen LogP contribution in [-0.2, 0) is 21.1 Å². The summed E-state index contributed by atoms with van der Waals surface area (Å²) in [7, 11) is -3.04. The third-order valence-corrected chi connectivity index (χ3v) is 8.43. The van der Waals surface area contributed by atoms with E-state index in [1.54, 1.807) is 6.20 Å². The van der Waals surface area contributed by atoms with Crippen LogP contribution < -0.4 is 15.5 Å². The van der Waals surface area contributed by atoms with Gasteiger partial charge in [-0.05, 0) is 38.0 Å². The summed E-state index contributed by atoms with van der Waals surface area (Å²) in [6.07, 6.45) is 6.20. The van der Waals surface area contributed by atoms with Gasteiger partial charge in [0, 0.05) is 45.2 Å². The summed E-state index contributed by atoms with van der Waals surface area (Å²) >= 11 is 0. The molecule has 0 bridgehead atoms. The lowest BCUT2D eigenvalue weighted by atomic mass is 10.2. The molecule has 5 heterocycles. The largest absolute Gasteiger partial charge is 0.378 e. The topological polar surface area (TPSA) is 145 Å². The molecule has 13 heteroatoms. The Morgan fingerprint density at radius 3 is 2.51 bits per heavy atom. The average Bonchev–Trinajstić information content (AvgIpc) is 3.44. The Bertz CT molecular complexity index is 1430. The van der Waals surface area contributed by atoms with Crippen LogP contribution in [0.5, 0.6) is 0 Å². The predicted molar refractivity (Wildman–Crippen MR) is 141 cm³/mol. The lowest BCUT2D eigenvalue weighted by molar-refractivity contribution is 0.122. The van der Waals surface area contributed by atoms with Crippen LogP contribution in [0.1, 0.15) is 25.0 Å². The molecule has 3 aromatic rings. The van der Waals surface area contributed by atoms with Crippen molar-refractivity contribution >= 4 is 38.7 Å². The summed E-state index contributed by atoms with van der Waals surface area (Å²) in [4.78, 5) is 28.1. The number of aryl methyl sites for hydroxylation is 1. The van der Waals surface area contributed by atoms with Gasteiger partial charge in [0.25, 0.3) is 0 Å². The van der Waals surface area contributed by atoms with E-state index in [9.17, 15) is 8.42 Å². The third kappa shape index (κ3) is 5.06. The minimum Gasteiger partial charge on any atom is -0.378 e. The Kier molecular flexibility index (Phi) is 6.14. The first-order valence-electron chi connectivity index (χ1n) is 12.9. The fourth-order valence-electron chi connectivity index (χ4n) is 5.34. The highest BCUT2D eigenvalue weighted by atomic mass is 32.2. The molecule has 2 N–H and O–H groups in total. The van der Waals surface area contributed by atoms with Crippen LogP contribution in [0.2, 0.25) is 0 Å². The van der Waals surface area contributed by atoms with Gasteiger partial charge in [0.15, 0.2) is 22.8 Å². The lowest BCUT2D eigenvalue weighted by Gasteiger charge is -2.28. The molecule has 3 aromatic heterocycles. The van der Waals surface area contributed by atoms with E-state index in [2.05, 4.69) is 24.3 Å². The number of nitrogens with zero attached hydrogens (tertiary/aromatic N) is 8. The van der Waals surface area contributed by atoms with Crippen molar-refractivity contribution in [3.8, 4) is 11.4 Å². The van der Waals surface area contributed by atoms with Crippen molar-refractivity contribution in [3.05, 3.63) is 11.9 Å². The number of hydrogen-bond donors (Lipinski definition) is 1. The predicted octanol–water partition coefficient (Wildman–Crippen LogP) is 1.29. The van der Waals surface area contributed by atoms with Crippen LogP contribution in [0.4, 0.5) is 17.7 Å². The Hall–Kier alpha value is -3.06. The number of imidazole rings is 1. The van der Waals surface area contributed by atoms with Gasteiger partial charge >= 0.3 is 0 Å². The number of sulfone groups is 1. The van der Waals surface area contributed by atoms with Crippen molar-refractivity contribution in [3.63, 3.8) is 0 Å². The van der Waals surface area contributed by atoms with Gasteiger partial charge in [-0.2, -0.15) is 0 Å². The highest BCUT2D eigenvalue weighted by Gasteiger charge is 2.33. The van der Waals surface area contributed by atoms with Crippen LogP contribution in [0, 0.1) is 18.8 Å². The Morgan fingerprint density at radius 1 is 1.03 bits per heavy atom. The highest BCUT2D eigenvalue weighted by Crippen LogP contribution is 2.38. The summed E-state index contributed by atoms with van der Waals surface area (Å²) in [5.74, 6) is 3.29. The standard InChI is InChI=1S/C24H33N9O3S/c1-15-18(11-26-23(25)27-15)20-29-21(31-7-9-36-10-8-31)19-22(30-20)33(13-16-3-4-16)24(28-19)32-6-5-17(12-32)14-37(2,34)35/h11,16-17H,3-10,12-14H2,1-2H3,(H2,25,26,27)/t17-/m0/s1. The molecule has 2 aliphatic heterocycles. The molecule has 0 aromatic carbocycles. The zero-order valence-electron chi connectivity index (χ0n) is 21.3. The second-order valence-electron chi connectivity index (χ2n) is 10.5. The van der Waals surface area contributed by atoms with Gasteiger partial charge in [-0.3, -0.25) is 4.57 Å². The number of rotatable bonds is 7. The van der Waals surface area contributed by atoms with E-state index in [0.717, 1.165) is 53.7 Å². The molecule has 0 unspecified atom stereocenters. The molecule has 0 amide bonds. The van der Waals surface area contributed by atoms with Crippen LogP contribution >= 0.6 is 0 Å². The smallest absolute Gasteiger partial charge is 0.220 e. The number of aromatic nitrogens is 6. The number of ether oxygens (including phenoxy) is 1. The summed E-state index contributed by atoms with van der Waals surface area (Å²) in [5.41, 5.74) is 8.82. The summed E-state index contributed by atoms with van der Waals surface area (Å²) in [6.45, 7) is 6.83. The zero-order chi connectivity index (χ0) is 25.7. The van der Waals surface area contributed by atoms with Crippen LogP contribution in [-0.4, -0.2) is 89.3 Å². The van der Waals surface area contributed by atoms with Crippen molar-refractivity contribution < 1.29 is 13.2 Å². The van der Waals surface area contributed by atoms with E-state index in [-0.39, 0.29) is 17.6 Å². The van der Waals surface area contributed by atoms with Gasteiger partial charge in [-0.1, -0.05) is 0 Å². The maximum Gasteiger partial charge on any atom is 0.220 e. The first kappa shape index (κ1) is 24.3. The van der Waals surface area contributed by atoms with Crippen molar-refractivity contribution in [1.82, 2.24) is 29.5 Å². The fraction of sp³-hybridized carbons (Fsp3) is 0.625. The summed E-state index contributed by atoms with van der Waals surface area (Å²) in [5, 5.41) is 0. The molecule has 1 atom stereocenters. The number of morpholine rings is 1. The molecule has 3 aliphatic rings. The Balaban J connectivity index is 1.49. The monoisotopic (exact) mass is 527 g/mol. The molecule has 198 valence electrons. The first-order chi connectivity index (χ1) is 17.7. The first-order valence-corrected chi connectivity index (χ1v) is 14.9. The molecular weight excluding hydrogens is 494 g/mol. The van der Waals surface area contributed by atoms with E-state index in [1.165, 1.54) is 19.1 Å². The number of hydrogen-bond acceptors (Lipinski definition) is 11. The number of fused-ring (bicyclic) bond motifs is 1. The zero-order valence-corrected chi connectivity index (χ0v) is 22.1. The van der Waals surface area contributed by atoms with E-state index in [1.807, 2.05) is 6.92 Å². The van der Waals surface area contributed by atoms with Gasteiger partial charge in [-0.25, -0.2) is 33.3 Å². The molecule has 0 spiro atoms. The quantitative estimate of drug-likeness (QED) is 0.474. The molecule has 1 saturated carbocycles. The molecule has 0 radical (unpaired) electrons. The second-order valence-corrected chi connectivity index (χ2v) is 12.7. The molecule has 3 fully saturated rings. The highest BCUT2D eigenvalue weighted by molar-refractivity contribution is 7.90. The summed E-state index contributed by atoms with van der Waals surface area (Å²) < 4.78 is 31.7. The SMILES string of the molecule is Cc1nc(N)ncc1-c1nc(N2CCOCC2)c2nc(N3CC[C@H](CS(C)(=O)=O)C3)n(CC3CC3)c2n1. The van der Waals surface area contributed by atoms with Crippen molar-refractivity contribution in [2.45, 2.75) is 32.7 Å². The van der Waals surface area contributed by atoms with E-state index < -0.39 is 9.84 Å². The van der Waals surface area contributed by atoms with Gasteiger partial charge in [0.1, 0.15) is 9.84 Å². The molecular formula is C24H33N9O3S. The average molecular weight is 528 g/mol. The minimum absolute atomic E-state index is 0.0964. The van der Waals surface area contributed by atoms with E-state index >= 15 is 0 Å². The molecule has 1 aliphatic carbocycles. The van der Waals surface area contributed by atoms with Crippen molar-refractivity contribution in [1.29, 1.82) is 0 Å². The van der Waals surface area contributed by atoms with Crippen molar-refractivity contribution in [2.75, 3.05) is 66.9 Å². The number of nitrogen functional groups attached to an aromatic ring is 1. The minimum atomic E-state index is -3.04. The normalized spacial score (nSPS) is 20.8. The van der Waals surface area contributed by atoms with Crippen LogP contribution in [0.15, 0.2) is 6.20 Å². The van der Waals surface area contributed by atoms with E-state index in [0.29, 0.717) is 44.6 Å². The second kappa shape index (κ2) is 9.35. The third-order valence-electron chi connectivity index (χ3n) is 7.35. The molecule has 2 saturated heterocycles. The van der Waals surface area contributed by atoms with Crippen LogP contribution in [0.3, 0.4) is 0 Å². The van der Waals surface area contributed by atoms with Crippen molar-refractivity contribution in [2.24, 2.45) is 11.8 Å². The van der Waals surface area contributed by atoms with Gasteiger partial charge in [0.05, 0.1) is 30.2 Å².